The highest BCUT2D eigenvalue weighted by atomic mass is 19.1. The number of hydrogen-bond acceptors (Lipinski definition) is 4. The summed E-state index contributed by atoms with van der Waals surface area (Å²) in [5.41, 5.74) is 0.811. The Morgan fingerprint density at radius 3 is 2.71 bits per heavy atom. The summed E-state index contributed by atoms with van der Waals surface area (Å²) in [6.07, 6.45) is 0. The van der Waals surface area contributed by atoms with Gasteiger partial charge in [-0.3, -0.25) is 4.79 Å². The lowest BCUT2D eigenvalue weighted by Gasteiger charge is -2.13. The van der Waals surface area contributed by atoms with Gasteiger partial charge >= 0.3 is 0 Å². The van der Waals surface area contributed by atoms with Gasteiger partial charge in [0.05, 0.1) is 18.8 Å². The molecule has 0 aliphatic rings. The van der Waals surface area contributed by atoms with Crippen molar-refractivity contribution in [3.8, 4) is 5.75 Å². The van der Waals surface area contributed by atoms with Gasteiger partial charge in [0, 0.05) is 18.2 Å². The summed E-state index contributed by atoms with van der Waals surface area (Å²) in [5, 5.41) is 14.2. The van der Waals surface area contributed by atoms with Gasteiger partial charge in [0.15, 0.2) is 0 Å². The maximum absolute atomic E-state index is 13.5. The van der Waals surface area contributed by atoms with Crippen molar-refractivity contribution in [1.82, 2.24) is 5.32 Å². The van der Waals surface area contributed by atoms with Crippen LogP contribution < -0.4 is 15.4 Å². The molecule has 7 heteroatoms. The van der Waals surface area contributed by atoms with Crippen molar-refractivity contribution in [2.75, 3.05) is 25.1 Å². The van der Waals surface area contributed by atoms with Crippen LogP contribution in [-0.4, -0.2) is 30.8 Å². The molecule has 0 bridgehead atoms. The van der Waals surface area contributed by atoms with Crippen LogP contribution in [0, 0.1) is 11.6 Å². The summed E-state index contributed by atoms with van der Waals surface area (Å²) >= 11 is 0. The molecule has 0 saturated carbocycles. The van der Waals surface area contributed by atoms with Gasteiger partial charge in [-0.05, 0) is 18.2 Å². The standard InChI is InChI=1S/C17H18F2N2O3/c18-13-5-6-15(16(9-13)24-8-7-22)20-11-17(23)21-10-12-3-1-2-4-14(12)19/h1-6,9,20,22H,7-8,10-11H2,(H,21,23). The van der Waals surface area contributed by atoms with E-state index in [1.807, 2.05) is 0 Å². The van der Waals surface area contributed by atoms with Gasteiger partial charge in [-0.25, -0.2) is 8.78 Å². The molecule has 0 spiro atoms. The van der Waals surface area contributed by atoms with E-state index in [4.69, 9.17) is 9.84 Å². The lowest BCUT2D eigenvalue weighted by molar-refractivity contribution is -0.119. The van der Waals surface area contributed by atoms with Gasteiger partial charge < -0.3 is 20.5 Å². The molecular formula is C17H18F2N2O3. The van der Waals surface area contributed by atoms with E-state index in [9.17, 15) is 13.6 Å². The zero-order valence-electron chi connectivity index (χ0n) is 12.9. The number of carbonyl (C=O) groups excluding carboxylic acids is 1. The number of ether oxygens (including phenoxy) is 1. The quantitative estimate of drug-likeness (QED) is 0.690. The molecule has 24 heavy (non-hydrogen) atoms. The fourth-order valence-electron chi connectivity index (χ4n) is 1.99. The Kier molecular flexibility index (Phi) is 6.51. The Bertz CT molecular complexity index is 695. The Balaban J connectivity index is 1.88. The second kappa shape index (κ2) is 8.83. The second-order valence-corrected chi connectivity index (χ2v) is 4.93. The number of anilines is 1. The number of halogens is 2. The molecule has 0 fully saturated rings. The third-order valence-corrected chi connectivity index (χ3v) is 3.17. The predicted octanol–water partition coefficient (Wildman–Crippen LogP) is 2.06. The number of aliphatic hydroxyl groups excluding tert-OH is 1. The molecule has 5 nitrogen and oxygen atoms in total. The normalized spacial score (nSPS) is 10.3. The van der Waals surface area contributed by atoms with Crippen molar-refractivity contribution in [3.05, 3.63) is 59.7 Å². The van der Waals surface area contributed by atoms with Crippen molar-refractivity contribution in [1.29, 1.82) is 0 Å². The highest BCUT2D eigenvalue weighted by Gasteiger charge is 2.08. The molecule has 3 N–H and O–H groups in total. The highest BCUT2D eigenvalue weighted by molar-refractivity contribution is 5.81. The first-order chi connectivity index (χ1) is 11.6. The first kappa shape index (κ1) is 17.7. The lowest BCUT2D eigenvalue weighted by atomic mass is 10.2. The lowest BCUT2D eigenvalue weighted by Crippen LogP contribution is -2.29. The highest BCUT2D eigenvalue weighted by Crippen LogP contribution is 2.25. The maximum Gasteiger partial charge on any atom is 0.239 e. The molecule has 0 aliphatic heterocycles. The number of benzene rings is 2. The number of nitrogens with one attached hydrogen (secondary N) is 2. The third-order valence-electron chi connectivity index (χ3n) is 3.17. The fourth-order valence-corrected chi connectivity index (χ4v) is 1.99. The summed E-state index contributed by atoms with van der Waals surface area (Å²) in [7, 11) is 0. The van der Waals surface area contributed by atoms with Crippen LogP contribution >= 0.6 is 0 Å². The van der Waals surface area contributed by atoms with Crippen molar-refractivity contribution in [3.63, 3.8) is 0 Å². The van der Waals surface area contributed by atoms with Crippen molar-refractivity contribution >= 4 is 11.6 Å². The van der Waals surface area contributed by atoms with Gasteiger partial charge in [0.25, 0.3) is 0 Å². The molecule has 0 heterocycles. The van der Waals surface area contributed by atoms with Gasteiger partial charge in [-0.1, -0.05) is 18.2 Å². The number of carbonyl (C=O) groups is 1. The average Bonchev–Trinajstić information content (AvgIpc) is 2.58. The minimum absolute atomic E-state index is 0.0115. The fraction of sp³-hybridized carbons (Fsp3) is 0.235. The van der Waals surface area contributed by atoms with Crippen molar-refractivity contribution in [2.24, 2.45) is 0 Å². The topological polar surface area (TPSA) is 70.6 Å². The molecule has 1 amide bonds. The molecule has 0 unspecified atom stereocenters. The number of amides is 1. The maximum atomic E-state index is 13.5. The molecular weight excluding hydrogens is 318 g/mol. The Morgan fingerprint density at radius 1 is 1.17 bits per heavy atom. The Morgan fingerprint density at radius 2 is 1.96 bits per heavy atom. The van der Waals surface area contributed by atoms with Crippen LogP contribution in [0.3, 0.4) is 0 Å². The van der Waals surface area contributed by atoms with Gasteiger partial charge in [-0.2, -0.15) is 0 Å². The van der Waals surface area contributed by atoms with Crippen LogP contribution in [-0.2, 0) is 11.3 Å². The van der Waals surface area contributed by atoms with E-state index >= 15 is 0 Å². The second-order valence-electron chi connectivity index (χ2n) is 4.93. The van der Waals surface area contributed by atoms with Crippen molar-refractivity contribution in [2.45, 2.75) is 6.54 Å². The molecule has 2 aromatic rings. The molecule has 128 valence electrons. The molecule has 0 atom stereocenters. The monoisotopic (exact) mass is 336 g/mol. The SMILES string of the molecule is O=C(CNc1ccc(F)cc1OCCO)NCc1ccccc1F. The molecule has 0 aromatic heterocycles. The molecule has 0 aliphatic carbocycles. The minimum atomic E-state index is -0.488. The average molecular weight is 336 g/mol. The van der Waals surface area contributed by atoms with Crippen LogP contribution in [0.4, 0.5) is 14.5 Å². The van der Waals surface area contributed by atoms with E-state index < -0.39 is 5.82 Å². The van der Waals surface area contributed by atoms with Crippen LogP contribution in [0.25, 0.3) is 0 Å². The van der Waals surface area contributed by atoms with E-state index in [0.29, 0.717) is 11.3 Å². The summed E-state index contributed by atoms with van der Waals surface area (Å²) in [6, 6.07) is 10.00. The van der Waals surface area contributed by atoms with Crippen LogP contribution in [0.2, 0.25) is 0 Å². The summed E-state index contributed by atoms with van der Waals surface area (Å²) in [6.45, 7) is -0.212. The van der Waals surface area contributed by atoms with Crippen LogP contribution in [0.15, 0.2) is 42.5 Å². The van der Waals surface area contributed by atoms with Gasteiger partial charge in [0.1, 0.15) is 24.0 Å². The molecule has 0 radical (unpaired) electrons. The summed E-state index contributed by atoms with van der Waals surface area (Å²) in [5.74, 6) is -1.02. The van der Waals surface area contributed by atoms with E-state index in [1.165, 1.54) is 18.2 Å². The summed E-state index contributed by atoms with van der Waals surface area (Å²) < 4.78 is 31.9. The van der Waals surface area contributed by atoms with E-state index in [0.717, 1.165) is 6.07 Å². The predicted molar refractivity (Wildman–Crippen MR) is 85.7 cm³/mol. The van der Waals surface area contributed by atoms with Gasteiger partial charge in [-0.15, -0.1) is 0 Å². The largest absolute Gasteiger partial charge is 0.489 e. The Labute approximate surface area is 138 Å². The zero-order chi connectivity index (χ0) is 17.4. The minimum Gasteiger partial charge on any atom is -0.489 e. The van der Waals surface area contributed by atoms with E-state index in [-0.39, 0.29) is 43.8 Å². The first-order valence-electron chi connectivity index (χ1n) is 7.37. The Hall–Kier alpha value is -2.67. The number of aliphatic hydroxyl groups is 1. The number of hydrogen-bond donors (Lipinski definition) is 3. The van der Waals surface area contributed by atoms with Crippen LogP contribution in [0.1, 0.15) is 5.56 Å². The van der Waals surface area contributed by atoms with Gasteiger partial charge in [0.2, 0.25) is 5.91 Å². The van der Waals surface area contributed by atoms with Crippen LogP contribution in [0.5, 0.6) is 5.75 Å². The molecule has 2 aromatic carbocycles. The molecule has 2 rings (SSSR count). The summed E-state index contributed by atoms with van der Waals surface area (Å²) in [4.78, 5) is 11.8. The van der Waals surface area contributed by atoms with E-state index in [1.54, 1.807) is 18.2 Å². The zero-order valence-corrected chi connectivity index (χ0v) is 12.9. The first-order valence-corrected chi connectivity index (χ1v) is 7.37. The molecule has 0 saturated heterocycles. The third kappa shape index (κ3) is 5.20. The van der Waals surface area contributed by atoms with E-state index in [2.05, 4.69) is 10.6 Å². The smallest absolute Gasteiger partial charge is 0.239 e. The van der Waals surface area contributed by atoms with Crippen molar-refractivity contribution < 1.29 is 23.4 Å². The number of rotatable bonds is 8.